The molecule has 3 fully saturated rings. The van der Waals surface area contributed by atoms with Crippen LogP contribution >= 0.6 is 0 Å². The number of cyclic esters (lactones) is 1. The van der Waals surface area contributed by atoms with Crippen LogP contribution in [0, 0.1) is 23.7 Å². The summed E-state index contributed by atoms with van der Waals surface area (Å²) in [5.74, 6) is -4.76. The summed E-state index contributed by atoms with van der Waals surface area (Å²) in [7, 11) is 3.73. The van der Waals surface area contributed by atoms with Crippen molar-refractivity contribution in [3.8, 4) is 11.5 Å². The lowest BCUT2D eigenvalue weighted by Gasteiger charge is -2.47. The second-order valence-electron chi connectivity index (χ2n) is 17.5. The Balaban J connectivity index is 1.64. The number of rotatable bonds is 9. The van der Waals surface area contributed by atoms with Crippen molar-refractivity contribution in [2.45, 2.75) is 149 Å². The van der Waals surface area contributed by atoms with E-state index in [0.29, 0.717) is 29.2 Å². The molecule has 338 valence electrons. The highest BCUT2D eigenvalue weighted by atomic mass is 16.7. The fourth-order valence-electron chi connectivity index (χ4n) is 8.85. The molecule has 17 nitrogen and oxygen atoms in total. The molecule has 3 aliphatic rings. The highest BCUT2D eigenvalue weighted by Gasteiger charge is 2.53. The van der Waals surface area contributed by atoms with Gasteiger partial charge in [-0.1, -0.05) is 51.0 Å². The van der Waals surface area contributed by atoms with E-state index < -0.39 is 77.3 Å². The van der Waals surface area contributed by atoms with Gasteiger partial charge in [0.2, 0.25) is 5.91 Å². The number of carbonyl (C=O) groups excluding carboxylic acids is 3. The van der Waals surface area contributed by atoms with E-state index in [0.717, 1.165) is 0 Å². The fraction of sp³-hybridized carbons (Fsp3) is 0.705. The van der Waals surface area contributed by atoms with Gasteiger partial charge in [0.15, 0.2) is 17.8 Å². The molecule has 3 aliphatic heterocycles. The van der Waals surface area contributed by atoms with E-state index in [1.165, 1.54) is 20.0 Å². The van der Waals surface area contributed by atoms with Crippen molar-refractivity contribution in [3.63, 3.8) is 0 Å². The van der Waals surface area contributed by atoms with Gasteiger partial charge in [0.25, 0.3) is 0 Å². The number of ether oxygens (including phenoxy) is 5. The van der Waals surface area contributed by atoms with Crippen molar-refractivity contribution in [2.75, 3.05) is 27.3 Å². The van der Waals surface area contributed by atoms with Crippen LogP contribution < -0.4 is 0 Å². The fourth-order valence-corrected chi connectivity index (χ4v) is 8.85. The first-order valence-corrected chi connectivity index (χ1v) is 21.3. The third kappa shape index (κ3) is 11.2. The van der Waals surface area contributed by atoms with E-state index in [1.54, 1.807) is 46.0 Å². The van der Waals surface area contributed by atoms with Gasteiger partial charge in [0, 0.05) is 47.8 Å². The summed E-state index contributed by atoms with van der Waals surface area (Å²) >= 11 is 0. The van der Waals surface area contributed by atoms with Crippen LogP contribution in [0.2, 0.25) is 0 Å². The monoisotopic (exact) mass is 855 g/mol. The van der Waals surface area contributed by atoms with Crippen LogP contribution in [-0.2, 0) is 49.5 Å². The molecule has 13 atom stereocenters. The van der Waals surface area contributed by atoms with Gasteiger partial charge >= 0.3 is 5.97 Å². The van der Waals surface area contributed by atoms with E-state index in [9.17, 15) is 24.6 Å². The van der Waals surface area contributed by atoms with Crippen molar-refractivity contribution in [1.82, 2.24) is 15.0 Å². The average molecular weight is 856 g/mol. The van der Waals surface area contributed by atoms with E-state index in [4.69, 9.17) is 33.0 Å². The zero-order chi connectivity index (χ0) is 44.8. The van der Waals surface area contributed by atoms with Crippen molar-refractivity contribution in [1.29, 1.82) is 0 Å². The summed E-state index contributed by atoms with van der Waals surface area (Å²) in [5.41, 5.74) is -1.27. The minimum atomic E-state index is -1.86. The number of fused-ring (bicyclic) bond motifs is 5. The van der Waals surface area contributed by atoms with Crippen LogP contribution in [0.5, 0.6) is 0 Å². The molecule has 3 saturated heterocycles. The minimum absolute atomic E-state index is 0.0279. The number of pyridine rings is 1. The Morgan fingerprint density at radius 1 is 1.05 bits per heavy atom. The highest BCUT2D eigenvalue weighted by molar-refractivity contribution is 6.00. The van der Waals surface area contributed by atoms with Gasteiger partial charge < -0.3 is 48.2 Å². The highest BCUT2D eigenvalue weighted by Crippen LogP contribution is 2.40. The maximum Gasteiger partial charge on any atom is 0.316 e. The number of likely N-dealkylation sites (N-methyl/N-ethyl adjacent to an activating group) is 1. The molecule has 61 heavy (non-hydrogen) atoms. The van der Waals surface area contributed by atoms with Crippen LogP contribution in [0.25, 0.3) is 11.5 Å². The number of Topliss-reactive ketones (excluding diaryl/α,β-unsaturated/α-hetero) is 1. The molecule has 0 radical (unpaired) electrons. The van der Waals surface area contributed by atoms with E-state index in [-0.39, 0.29) is 62.8 Å². The summed E-state index contributed by atoms with van der Waals surface area (Å²) in [5, 5.41) is 32.4. The maximum atomic E-state index is 14.5. The molecule has 0 saturated carbocycles. The number of carbonyl (C=O) groups is 3. The Morgan fingerprint density at radius 3 is 2.41 bits per heavy atom. The van der Waals surface area contributed by atoms with Crippen molar-refractivity contribution in [3.05, 3.63) is 36.2 Å². The van der Waals surface area contributed by atoms with Crippen LogP contribution in [0.4, 0.5) is 0 Å². The Kier molecular flexibility index (Phi) is 16.1. The normalized spacial score (nSPS) is 37.2. The SMILES string of the molecule is CCC(=O)N=C1[C@H](C)C[C@@]2(C)OC/C(=N/OCc3ccc(-c4ccno4)nc3)CO[C@H]([C@H]1C)[C@](C)(O)[C@@H](CC)OC(=O)[C@H](C)C(=O)[C@H](C)[C@H]2O[C@@H]1O[C@H](C)C[C@H](N(C)C)[C@H]1O. The number of aliphatic hydroxyl groups excluding tert-OH is 1. The number of hydrogen-bond acceptors (Lipinski definition) is 16. The Hall–Kier alpha value is -3.97. The predicted molar refractivity (Wildman–Crippen MR) is 223 cm³/mol. The van der Waals surface area contributed by atoms with Crippen LogP contribution in [-0.4, -0.2) is 136 Å². The second-order valence-corrected chi connectivity index (χ2v) is 17.5. The summed E-state index contributed by atoms with van der Waals surface area (Å²) in [4.78, 5) is 58.5. The Labute approximate surface area is 358 Å². The standard InChI is InChI=1S/C44H65N5O12/c1-12-34-44(9,54)40-26(5)36(47-35(50)13-2)24(3)19-43(8,56-23-30(22-55-40)48-57-21-29-14-15-31(45-20-29)33-16-17-46-61-33)39(27(6)37(51)28(7)41(53)59-34)60-42-38(52)32(49(10)11)18-25(4)58-42/h14-17,20,24-28,32,34,38-40,42,52,54H,12-13,18-19,21-23H2,1-11H3/b47-36?,48-30+/t24-,25-,26+,27+,28-,32+,34-,38-,39-,40-,42+,43-,44-/m1/s1. The first-order chi connectivity index (χ1) is 28.8. The number of amides is 1. The quantitative estimate of drug-likeness (QED) is 0.201. The number of aliphatic hydroxyl groups is 2. The summed E-state index contributed by atoms with van der Waals surface area (Å²) < 4.78 is 37.8. The lowest BCUT2D eigenvalue weighted by Crippen LogP contribution is -2.60. The molecule has 5 heterocycles. The van der Waals surface area contributed by atoms with Gasteiger partial charge in [-0.05, 0) is 73.0 Å². The lowest BCUT2D eigenvalue weighted by atomic mass is 9.73. The first kappa shape index (κ1) is 48.1. The summed E-state index contributed by atoms with van der Waals surface area (Å²) in [6.07, 6.45) is -1.89. The number of aromatic nitrogens is 2. The Morgan fingerprint density at radius 2 is 1.79 bits per heavy atom. The number of aliphatic imine (C=N–C) groups is 1. The van der Waals surface area contributed by atoms with E-state index >= 15 is 0 Å². The topological polar surface area (TPSA) is 214 Å². The third-order valence-corrected chi connectivity index (χ3v) is 12.3. The average Bonchev–Trinajstić information content (AvgIpc) is 3.77. The molecule has 5 rings (SSSR count). The minimum Gasteiger partial charge on any atom is -0.459 e. The van der Waals surface area contributed by atoms with Gasteiger partial charge in [-0.3, -0.25) is 19.4 Å². The predicted octanol–water partition coefficient (Wildman–Crippen LogP) is 4.56. The molecule has 1 amide bonds. The molecule has 0 unspecified atom stereocenters. The summed E-state index contributed by atoms with van der Waals surface area (Å²) in [6.45, 7) is 15.1. The smallest absolute Gasteiger partial charge is 0.316 e. The third-order valence-electron chi connectivity index (χ3n) is 12.3. The molecule has 0 aliphatic carbocycles. The lowest BCUT2D eigenvalue weighted by molar-refractivity contribution is -0.296. The largest absolute Gasteiger partial charge is 0.459 e. The zero-order valence-electron chi connectivity index (χ0n) is 37.4. The first-order valence-electron chi connectivity index (χ1n) is 21.3. The van der Waals surface area contributed by atoms with Crippen LogP contribution in [0.3, 0.4) is 0 Å². The number of ketones is 1. The Bertz CT molecular complexity index is 1850. The number of esters is 1. The molecule has 0 spiro atoms. The molecule has 2 aromatic heterocycles. The molecule has 17 heteroatoms. The van der Waals surface area contributed by atoms with Crippen molar-refractivity contribution >= 4 is 29.1 Å². The second kappa shape index (κ2) is 20.5. The molecular weight excluding hydrogens is 791 g/mol. The van der Waals surface area contributed by atoms with E-state index in [2.05, 4.69) is 20.3 Å². The van der Waals surface area contributed by atoms with Gasteiger partial charge in [-0.15, -0.1) is 0 Å². The van der Waals surface area contributed by atoms with E-state index in [1.807, 2.05) is 45.8 Å². The van der Waals surface area contributed by atoms with Crippen molar-refractivity contribution < 1.29 is 57.6 Å². The number of oxime groups is 1. The van der Waals surface area contributed by atoms with Crippen LogP contribution in [0.15, 0.2) is 45.3 Å². The number of hydrogen-bond donors (Lipinski definition) is 2. The molecule has 2 N–H and O–H groups in total. The van der Waals surface area contributed by atoms with Crippen LogP contribution in [0.1, 0.15) is 93.6 Å². The molecule has 2 bridgehead atoms. The maximum absolute atomic E-state index is 14.5. The molecular formula is C44H65N5O12. The van der Waals surface area contributed by atoms with Gasteiger partial charge in [0.1, 0.15) is 41.7 Å². The molecule has 0 aromatic carbocycles. The molecule has 2 aromatic rings. The van der Waals surface area contributed by atoms with Gasteiger partial charge in [0.05, 0.1) is 43.3 Å². The van der Waals surface area contributed by atoms with Gasteiger partial charge in [-0.2, -0.15) is 0 Å². The van der Waals surface area contributed by atoms with Crippen molar-refractivity contribution in [2.24, 2.45) is 33.8 Å². The number of nitrogens with zero attached hydrogens (tertiary/aromatic N) is 5. The summed E-state index contributed by atoms with van der Waals surface area (Å²) in [6, 6.07) is 4.97. The zero-order valence-corrected chi connectivity index (χ0v) is 37.4. The van der Waals surface area contributed by atoms with Gasteiger partial charge in [-0.25, -0.2) is 4.99 Å².